The summed E-state index contributed by atoms with van der Waals surface area (Å²) in [4.78, 5) is 8.57. The van der Waals surface area contributed by atoms with Crippen LogP contribution in [0.3, 0.4) is 0 Å². The highest BCUT2D eigenvalue weighted by Crippen LogP contribution is 2.46. The molecule has 1 atom stereocenters. The van der Waals surface area contributed by atoms with Gasteiger partial charge in [0.1, 0.15) is 11.8 Å². The maximum atomic E-state index is 9.16. The first-order valence-electron chi connectivity index (χ1n) is 9.07. The van der Waals surface area contributed by atoms with E-state index in [-0.39, 0.29) is 11.5 Å². The van der Waals surface area contributed by atoms with Gasteiger partial charge in [-0.05, 0) is 41.7 Å². The quantitative estimate of drug-likeness (QED) is 0.560. The lowest BCUT2D eigenvalue weighted by molar-refractivity contribution is 0.334. The largest absolute Gasteiger partial charge is 0.442 e. The third kappa shape index (κ3) is 2.54. The molecule has 0 spiro atoms. The number of H-pyrrole nitrogens is 1. The SMILES string of the molecule is CC1(C)Cc2cc(C#N)cnc2C1Nc1ccc2[nH]nc(-c3cnco3)c2c1. The van der Waals surface area contributed by atoms with Crippen molar-refractivity contribution in [1.82, 2.24) is 20.2 Å². The Morgan fingerprint density at radius 1 is 1.29 bits per heavy atom. The Hall–Kier alpha value is -3.66. The van der Waals surface area contributed by atoms with E-state index in [9.17, 15) is 0 Å². The van der Waals surface area contributed by atoms with Gasteiger partial charge >= 0.3 is 0 Å². The minimum atomic E-state index is -0.0253. The summed E-state index contributed by atoms with van der Waals surface area (Å²) in [6, 6.07) is 10.3. The average Bonchev–Trinajstić information content (AvgIpc) is 3.39. The van der Waals surface area contributed by atoms with Gasteiger partial charge in [-0.15, -0.1) is 0 Å². The van der Waals surface area contributed by atoms with Gasteiger partial charge in [-0.1, -0.05) is 13.8 Å². The molecule has 0 bridgehead atoms. The third-order valence-electron chi connectivity index (χ3n) is 5.37. The van der Waals surface area contributed by atoms with Crippen molar-refractivity contribution in [2.24, 2.45) is 5.41 Å². The molecule has 0 radical (unpaired) electrons. The van der Waals surface area contributed by atoms with Crippen molar-refractivity contribution >= 4 is 16.6 Å². The van der Waals surface area contributed by atoms with Crippen LogP contribution in [0.2, 0.25) is 0 Å². The number of nitrogens with zero attached hydrogens (tertiary/aromatic N) is 4. The Kier molecular flexibility index (Phi) is 3.49. The zero-order chi connectivity index (χ0) is 19.3. The summed E-state index contributed by atoms with van der Waals surface area (Å²) in [5.74, 6) is 0.626. The fourth-order valence-electron chi connectivity index (χ4n) is 4.00. The maximum Gasteiger partial charge on any atom is 0.181 e. The van der Waals surface area contributed by atoms with Crippen LogP contribution in [0.5, 0.6) is 0 Å². The molecular weight excluding hydrogens is 352 g/mol. The number of hydrogen-bond donors (Lipinski definition) is 2. The molecule has 0 saturated carbocycles. The Balaban J connectivity index is 1.54. The van der Waals surface area contributed by atoms with Crippen LogP contribution in [-0.4, -0.2) is 20.2 Å². The number of fused-ring (bicyclic) bond motifs is 2. The molecule has 0 amide bonds. The number of oxazole rings is 1. The van der Waals surface area contributed by atoms with Crippen LogP contribution in [-0.2, 0) is 6.42 Å². The standard InChI is InChI=1S/C21H18N6O/c1-21(2)7-13-5-12(8-22)9-24-18(13)20(21)25-14-3-4-16-15(6-14)19(27-26-16)17-10-23-11-28-17/h3-6,9-11,20,25H,7H2,1-2H3,(H,26,27). The molecule has 0 fully saturated rings. The molecule has 7 heteroatoms. The third-order valence-corrected chi connectivity index (χ3v) is 5.37. The number of benzene rings is 1. The molecule has 3 heterocycles. The minimum absolute atomic E-state index is 0.0253. The molecule has 1 aliphatic rings. The van der Waals surface area contributed by atoms with E-state index >= 15 is 0 Å². The molecule has 28 heavy (non-hydrogen) atoms. The number of rotatable bonds is 3. The van der Waals surface area contributed by atoms with E-state index in [0.717, 1.165) is 40.0 Å². The summed E-state index contributed by atoms with van der Waals surface area (Å²) >= 11 is 0. The van der Waals surface area contributed by atoms with E-state index in [4.69, 9.17) is 9.68 Å². The maximum absolute atomic E-state index is 9.16. The molecule has 0 aliphatic heterocycles. The van der Waals surface area contributed by atoms with Crippen molar-refractivity contribution in [1.29, 1.82) is 5.26 Å². The van der Waals surface area contributed by atoms with Crippen molar-refractivity contribution in [3.05, 3.63) is 59.9 Å². The van der Waals surface area contributed by atoms with Crippen molar-refractivity contribution in [3.8, 4) is 17.5 Å². The first-order chi connectivity index (χ1) is 13.5. The number of anilines is 1. The topological polar surface area (TPSA) is 103 Å². The van der Waals surface area contributed by atoms with Gasteiger partial charge in [0.2, 0.25) is 0 Å². The van der Waals surface area contributed by atoms with Crippen molar-refractivity contribution in [2.75, 3.05) is 5.32 Å². The van der Waals surface area contributed by atoms with Crippen LogP contribution in [0.25, 0.3) is 22.4 Å². The Morgan fingerprint density at radius 2 is 2.18 bits per heavy atom. The summed E-state index contributed by atoms with van der Waals surface area (Å²) in [6.45, 7) is 4.43. The number of aromatic amines is 1. The number of aromatic nitrogens is 4. The smallest absolute Gasteiger partial charge is 0.181 e. The zero-order valence-electron chi connectivity index (χ0n) is 15.5. The zero-order valence-corrected chi connectivity index (χ0v) is 15.5. The van der Waals surface area contributed by atoms with Crippen LogP contribution < -0.4 is 5.32 Å². The summed E-state index contributed by atoms with van der Waals surface area (Å²) in [6.07, 6.45) is 5.58. The van der Waals surface area contributed by atoms with Gasteiger partial charge in [-0.25, -0.2) is 4.98 Å². The molecule has 4 aromatic rings. The molecule has 2 N–H and O–H groups in total. The minimum Gasteiger partial charge on any atom is -0.442 e. The van der Waals surface area contributed by atoms with Gasteiger partial charge in [0, 0.05) is 17.3 Å². The van der Waals surface area contributed by atoms with Gasteiger partial charge in [0.05, 0.1) is 29.0 Å². The monoisotopic (exact) mass is 370 g/mol. The fraction of sp³-hybridized carbons (Fsp3) is 0.238. The average molecular weight is 370 g/mol. The van der Waals surface area contributed by atoms with Crippen molar-refractivity contribution in [2.45, 2.75) is 26.3 Å². The molecule has 1 aliphatic carbocycles. The highest BCUT2D eigenvalue weighted by atomic mass is 16.3. The number of nitriles is 1. The molecular formula is C21H18N6O. The van der Waals surface area contributed by atoms with E-state index < -0.39 is 0 Å². The normalized spacial score (nSPS) is 17.4. The Labute approximate surface area is 161 Å². The predicted molar refractivity (Wildman–Crippen MR) is 104 cm³/mol. The second kappa shape index (κ2) is 5.92. The van der Waals surface area contributed by atoms with Crippen LogP contribution >= 0.6 is 0 Å². The molecule has 138 valence electrons. The van der Waals surface area contributed by atoms with E-state index in [1.165, 1.54) is 6.39 Å². The van der Waals surface area contributed by atoms with E-state index in [1.54, 1.807) is 12.4 Å². The lowest BCUT2D eigenvalue weighted by atomic mass is 9.86. The summed E-state index contributed by atoms with van der Waals surface area (Å²) in [5, 5.41) is 21.2. The van der Waals surface area contributed by atoms with Crippen LogP contribution in [0, 0.1) is 16.7 Å². The van der Waals surface area contributed by atoms with E-state index in [2.05, 4.69) is 51.5 Å². The summed E-state index contributed by atoms with van der Waals surface area (Å²) in [7, 11) is 0. The van der Waals surface area contributed by atoms with Gasteiger partial charge in [-0.3, -0.25) is 10.1 Å². The van der Waals surface area contributed by atoms with E-state index in [0.29, 0.717) is 11.3 Å². The van der Waals surface area contributed by atoms with Gasteiger partial charge in [0.25, 0.3) is 0 Å². The fourth-order valence-corrected chi connectivity index (χ4v) is 4.00. The number of hydrogen-bond acceptors (Lipinski definition) is 6. The predicted octanol–water partition coefficient (Wildman–Crippen LogP) is 4.22. The Morgan fingerprint density at radius 3 is 2.96 bits per heavy atom. The number of pyridine rings is 1. The molecule has 3 aromatic heterocycles. The molecule has 5 rings (SSSR count). The number of nitrogens with one attached hydrogen (secondary N) is 2. The lowest BCUT2D eigenvalue weighted by Crippen LogP contribution is -2.25. The highest BCUT2D eigenvalue weighted by molar-refractivity contribution is 5.93. The second-order valence-electron chi connectivity index (χ2n) is 7.82. The Bertz CT molecular complexity index is 1220. The molecule has 0 saturated heterocycles. The highest BCUT2D eigenvalue weighted by Gasteiger charge is 2.40. The van der Waals surface area contributed by atoms with Gasteiger partial charge < -0.3 is 9.73 Å². The van der Waals surface area contributed by atoms with Crippen LogP contribution in [0.15, 0.2) is 47.5 Å². The first kappa shape index (κ1) is 16.5. The lowest BCUT2D eigenvalue weighted by Gasteiger charge is -2.28. The van der Waals surface area contributed by atoms with Gasteiger partial charge in [0.15, 0.2) is 12.2 Å². The van der Waals surface area contributed by atoms with Crippen LogP contribution in [0.1, 0.15) is 36.7 Å². The molecule has 1 aromatic carbocycles. The van der Waals surface area contributed by atoms with Gasteiger partial charge in [-0.2, -0.15) is 10.4 Å². The van der Waals surface area contributed by atoms with Crippen molar-refractivity contribution < 1.29 is 4.42 Å². The molecule has 1 unspecified atom stereocenters. The molecule has 7 nitrogen and oxygen atoms in total. The first-order valence-corrected chi connectivity index (χ1v) is 9.07. The summed E-state index contributed by atoms with van der Waals surface area (Å²) in [5.41, 5.74) is 5.36. The van der Waals surface area contributed by atoms with Crippen LogP contribution in [0.4, 0.5) is 5.69 Å². The second-order valence-corrected chi connectivity index (χ2v) is 7.82. The van der Waals surface area contributed by atoms with Crippen molar-refractivity contribution in [3.63, 3.8) is 0 Å². The summed E-state index contributed by atoms with van der Waals surface area (Å²) < 4.78 is 5.41. The van der Waals surface area contributed by atoms with E-state index in [1.807, 2.05) is 18.2 Å².